The molecule has 1 amide bonds. The molecule has 0 saturated carbocycles. The second-order valence-corrected chi connectivity index (χ2v) is 6.15. The Morgan fingerprint density at radius 3 is 2.42 bits per heavy atom. The average molecular weight is 388 g/mol. The van der Waals surface area contributed by atoms with E-state index in [2.05, 4.69) is 5.32 Å². The van der Waals surface area contributed by atoms with Crippen molar-refractivity contribution >= 4 is 58.1 Å². The van der Waals surface area contributed by atoms with Crippen molar-refractivity contribution in [2.45, 2.75) is 13.0 Å². The van der Waals surface area contributed by atoms with Crippen LogP contribution < -0.4 is 11.1 Å². The van der Waals surface area contributed by atoms with Crippen LogP contribution >= 0.6 is 34.8 Å². The third-order valence-electron chi connectivity index (χ3n) is 3.07. The molecule has 0 aliphatic carbocycles. The van der Waals surface area contributed by atoms with Crippen LogP contribution in [0.3, 0.4) is 0 Å². The maximum atomic E-state index is 12.1. The molecule has 0 saturated heterocycles. The normalized spacial score (nSPS) is 11.7. The lowest BCUT2D eigenvalue weighted by atomic mass is 10.2. The second-order valence-electron chi connectivity index (χ2n) is 4.90. The highest BCUT2D eigenvalue weighted by atomic mass is 35.5. The number of ether oxygens (including phenoxy) is 1. The summed E-state index contributed by atoms with van der Waals surface area (Å²) in [5, 5.41) is 3.61. The molecule has 1 unspecified atom stereocenters. The molecular weight excluding hydrogens is 375 g/mol. The highest BCUT2D eigenvalue weighted by Crippen LogP contribution is 2.25. The van der Waals surface area contributed by atoms with E-state index in [0.717, 1.165) is 0 Å². The Labute approximate surface area is 153 Å². The summed E-state index contributed by atoms with van der Waals surface area (Å²) < 4.78 is 5.11. The molecule has 2 aromatic carbocycles. The van der Waals surface area contributed by atoms with Crippen molar-refractivity contribution in [3.8, 4) is 0 Å². The van der Waals surface area contributed by atoms with Gasteiger partial charge < -0.3 is 15.8 Å². The minimum atomic E-state index is -1.04. The minimum absolute atomic E-state index is 0.195. The molecule has 0 aromatic heterocycles. The number of nitrogens with two attached hydrogens (primary N) is 1. The molecule has 2 aromatic rings. The molecule has 24 heavy (non-hydrogen) atoms. The van der Waals surface area contributed by atoms with Gasteiger partial charge in [-0.05, 0) is 43.3 Å². The molecular formula is C16H13Cl3N2O3. The maximum Gasteiger partial charge on any atom is 0.338 e. The predicted molar refractivity (Wildman–Crippen MR) is 95.8 cm³/mol. The quantitative estimate of drug-likeness (QED) is 0.601. The summed E-state index contributed by atoms with van der Waals surface area (Å²) in [6, 6.07) is 8.94. The van der Waals surface area contributed by atoms with Crippen LogP contribution in [0.4, 0.5) is 11.4 Å². The largest absolute Gasteiger partial charge is 0.449 e. The van der Waals surface area contributed by atoms with Gasteiger partial charge in [0.1, 0.15) is 0 Å². The van der Waals surface area contributed by atoms with Crippen LogP contribution in [0.1, 0.15) is 17.3 Å². The number of carbonyl (C=O) groups is 2. The molecule has 0 radical (unpaired) electrons. The van der Waals surface area contributed by atoms with Gasteiger partial charge in [-0.3, -0.25) is 4.79 Å². The van der Waals surface area contributed by atoms with Crippen molar-refractivity contribution in [1.82, 2.24) is 0 Å². The summed E-state index contributed by atoms with van der Waals surface area (Å²) in [7, 11) is 0. The Balaban J connectivity index is 2.02. The molecule has 0 bridgehead atoms. The van der Waals surface area contributed by atoms with Gasteiger partial charge in [-0.2, -0.15) is 0 Å². The molecule has 0 aliphatic heterocycles. The number of nitrogen functional groups attached to an aromatic ring is 1. The number of hydrogen-bond donors (Lipinski definition) is 2. The van der Waals surface area contributed by atoms with Crippen LogP contribution in [-0.2, 0) is 9.53 Å². The zero-order valence-corrected chi connectivity index (χ0v) is 14.7. The number of benzene rings is 2. The predicted octanol–water partition coefficient (Wildman–Crippen LogP) is 4.41. The number of rotatable bonds is 4. The van der Waals surface area contributed by atoms with E-state index >= 15 is 0 Å². The third kappa shape index (κ3) is 4.54. The van der Waals surface area contributed by atoms with E-state index in [1.807, 2.05) is 0 Å². The zero-order chi connectivity index (χ0) is 17.9. The fraction of sp³-hybridized carbons (Fsp3) is 0.125. The van der Waals surface area contributed by atoms with Crippen molar-refractivity contribution < 1.29 is 14.3 Å². The zero-order valence-electron chi connectivity index (χ0n) is 12.5. The van der Waals surface area contributed by atoms with Crippen LogP contribution in [-0.4, -0.2) is 18.0 Å². The molecule has 2 rings (SSSR count). The Hall–Kier alpha value is -1.95. The smallest absolute Gasteiger partial charge is 0.338 e. The number of amides is 1. The van der Waals surface area contributed by atoms with Gasteiger partial charge in [0.2, 0.25) is 0 Å². The van der Waals surface area contributed by atoms with E-state index in [1.165, 1.54) is 31.2 Å². The lowest BCUT2D eigenvalue weighted by molar-refractivity contribution is -0.123. The number of anilines is 2. The summed E-state index contributed by atoms with van der Waals surface area (Å²) in [5.41, 5.74) is 6.44. The standard InChI is InChI=1S/C16H13Cl3N2O3/c1-8(15(22)21-14-5-3-10(17)7-12(14)19)24-16(23)9-2-4-11(18)13(20)6-9/h2-8H,20H2,1H3,(H,21,22). The van der Waals surface area contributed by atoms with Crippen LogP contribution in [0.25, 0.3) is 0 Å². The van der Waals surface area contributed by atoms with E-state index in [0.29, 0.717) is 15.7 Å². The number of hydrogen-bond acceptors (Lipinski definition) is 4. The van der Waals surface area contributed by atoms with Gasteiger partial charge in [0.05, 0.1) is 27.0 Å². The van der Waals surface area contributed by atoms with Crippen molar-refractivity contribution in [3.63, 3.8) is 0 Å². The van der Waals surface area contributed by atoms with Gasteiger partial charge in [0, 0.05) is 5.02 Å². The first kappa shape index (κ1) is 18.4. The highest BCUT2D eigenvalue weighted by molar-refractivity contribution is 6.36. The first-order chi connectivity index (χ1) is 11.3. The molecule has 1 atom stereocenters. The number of esters is 1. The monoisotopic (exact) mass is 386 g/mol. The molecule has 126 valence electrons. The average Bonchev–Trinajstić information content (AvgIpc) is 2.52. The van der Waals surface area contributed by atoms with Gasteiger partial charge in [0.25, 0.3) is 5.91 Å². The minimum Gasteiger partial charge on any atom is -0.449 e. The van der Waals surface area contributed by atoms with Crippen LogP contribution in [0.5, 0.6) is 0 Å². The molecule has 3 N–H and O–H groups in total. The van der Waals surface area contributed by atoms with Crippen molar-refractivity contribution in [1.29, 1.82) is 0 Å². The second kappa shape index (κ2) is 7.75. The van der Waals surface area contributed by atoms with Crippen molar-refractivity contribution in [2.75, 3.05) is 11.1 Å². The van der Waals surface area contributed by atoms with E-state index in [-0.39, 0.29) is 16.3 Å². The van der Waals surface area contributed by atoms with Gasteiger partial charge in [0.15, 0.2) is 6.10 Å². The summed E-state index contributed by atoms with van der Waals surface area (Å²) in [6.07, 6.45) is -1.04. The van der Waals surface area contributed by atoms with Crippen molar-refractivity contribution in [2.24, 2.45) is 0 Å². The first-order valence-corrected chi connectivity index (χ1v) is 7.93. The Bertz CT molecular complexity index is 796. The summed E-state index contributed by atoms with van der Waals surface area (Å²) in [4.78, 5) is 24.2. The number of carbonyl (C=O) groups excluding carboxylic acids is 2. The van der Waals surface area contributed by atoms with Crippen LogP contribution in [0.2, 0.25) is 15.1 Å². The van der Waals surface area contributed by atoms with Crippen LogP contribution in [0, 0.1) is 0 Å². The molecule has 0 heterocycles. The Morgan fingerprint density at radius 2 is 1.79 bits per heavy atom. The van der Waals surface area contributed by atoms with Gasteiger partial charge in [-0.25, -0.2) is 4.79 Å². The first-order valence-electron chi connectivity index (χ1n) is 6.80. The molecule has 0 aliphatic rings. The van der Waals surface area contributed by atoms with Gasteiger partial charge in [-0.1, -0.05) is 34.8 Å². The van der Waals surface area contributed by atoms with Gasteiger partial charge >= 0.3 is 5.97 Å². The van der Waals surface area contributed by atoms with Gasteiger partial charge in [-0.15, -0.1) is 0 Å². The molecule has 5 nitrogen and oxygen atoms in total. The van der Waals surface area contributed by atoms with Crippen LogP contribution in [0.15, 0.2) is 36.4 Å². The summed E-state index contributed by atoms with van der Waals surface area (Å²) in [5.74, 6) is -1.22. The molecule has 0 spiro atoms. The summed E-state index contributed by atoms with van der Waals surface area (Å²) in [6.45, 7) is 1.44. The Kier molecular flexibility index (Phi) is 5.94. The Morgan fingerprint density at radius 1 is 1.08 bits per heavy atom. The van der Waals surface area contributed by atoms with E-state index < -0.39 is 18.0 Å². The fourth-order valence-corrected chi connectivity index (χ4v) is 2.35. The summed E-state index contributed by atoms with van der Waals surface area (Å²) >= 11 is 17.6. The van der Waals surface area contributed by atoms with Crippen molar-refractivity contribution in [3.05, 3.63) is 57.0 Å². The lowest BCUT2D eigenvalue weighted by Gasteiger charge is -2.14. The number of halogens is 3. The highest BCUT2D eigenvalue weighted by Gasteiger charge is 2.20. The van der Waals surface area contributed by atoms with E-state index in [4.69, 9.17) is 45.3 Å². The molecule has 0 fully saturated rings. The lowest BCUT2D eigenvalue weighted by Crippen LogP contribution is -2.30. The van der Waals surface area contributed by atoms with E-state index in [9.17, 15) is 9.59 Å². The SMILES string of the molecule is CC(OC(=O)c1ccc(Cl)c(N)c1)C(=O)Nc1ccc(Cl)cc1Cl. The third-order valence-corrected chi connectivity index (χ3v) is 3.97. The fourth-order valence-electron chi connectivity index (χ4n) is 1.78. The number of nitrogens with one attached hydrogen (secondary N) is 1. The topological polar surface area (TPSA) is 81.4 Å². The molecule has 8 heteroatoms. The van der Waals surface area contributed by atoms with E-state index in [1.54, 1.807) is 12.1 Å². The maximum absolute atomic E-state index is 12.1.